The third kappa shape index (κ3) is 0.786. The SMILES string of the molecule is N=c1ssc2ccccc12. The Morgan fingerprint density at radius 2 is 1.90 bits per heavy atom. The topological polar surface area (TPSA) is 23.9 Å². The Morgan fingerprint density at radius 3 is 2.70 bits per heavy atom. The van der Waals surface area contributed by atoms with Crippen LogP contribution in [0.15, 0.2) is 24.3 Å². The summed E-state index contributed by atoms with van der Waals surface area (Å²) in [5.41, 5.74) is 0. The first kappa shape index (κ1) is 6.07. The molecule has 0 radical (unpaired) electrons. The fourth-order valence-corrected chi connectivity index (χ4v) is 2.98. The van der Waals surface area contributed by atoms with Crippen LogP contribution in [-0.4, -0.2) is 0 Å². The van der Waals surface area contributed by atoms with Crippen LogP contribution in [0.5, 0.6) is 0 Å². The zero-order valence-corrected chi connectivity index (χ0v) is 6.76. The maximum atomic E-state index is 7.47. The van der Waals surface area contributed by atoms with Crippen LogP contribution in [0.3, 0.4) is 0 Å². The van der Waals surface area contributed by atoms with Gasteiger partial charge in [0.2, 0.25) is 0 Å². The summed E-state index contributed by atoms with van der Waals surface area (Å²) in [6, 6.07) is 8.02. The lowest BCUT2D eigenvalue weighted by Gasteiger charge is -1.81. The summed E-state index contributed by atoms with van der Waals surface area (Å²) in [4.78, 5) is 0. The monoisotopic (exact) mass is 167 g/mol. The minimum atomic E-state index is 0.681. The van der Waals surface area contributed by atoms with Crippen molar-refractivity contribution in [3.63, 3.8) is 0 Å². The Labute approximate surface area is 65.5 Å². The van der Waals surface area contributed by atoms with E-state index in [1.807, 2.05) is 18.2 Å². The molecule has 0 bridgehead atoms. The van der Waals surface area contributed by atoms with Crippen molar-refractivity contribution in [1.82, 2.24) is 0 Å². The molecule has 10 heavy (non-hydrogen) atoms. The van der Waals surface area contributed by atoms with Crippen molar-refractivity contribution in [2.45, 2.75) is 0 Å². The first-order valence-corrected chi connectivity index (χ1v) is 5.05. The van der Waals surface area contributed by atoms with Crippen LogP contribution >= 0.6 is 20.7 Å². The molecule has 0 fully saturated rings. The fraction of sp³-hybridized carbons (Fsp3) is 0. The number of rotatable bonds is 0. The predicted octanol–water partition coefficient (Wildman–Crippen LogP) is 2.44. The molecule has 1 heterocycles. The van der Waals surface area contributed by atoms with Crippen molar-refractivity contribution in [1.29, 1.82) is 5.41 Å². The summed E-state index contributed by atoms with van der Waals surface area (Å²) < 4.78 is 1.90. The van der Waals surface area contributed by atoms with E-state index >= 15 is 0 Å². The molecule has 1 aromatic carbocycles. The number of hydrogen-bond acceptors (Lipinski definition) is 3. The van der Waals surface area contributed by atoms with Crippen LogP contribution in [0.25, 0.3) is 10.1 Å². The van der Waals surface area contributed by atoms with Gasteiger partial charge in [0, 0.05) is 10.1 Å². The molecule has 3 heteroatoms. The highest BCUT2D eigenvalue weighted by Crippen LogP contribution is 2.18. The molecule has 1 N–H and O–H groups in total. The average Bonchev–Trinajstić information content (AvgIpc) is 2.34. The lowest BCUT2D eigenvalue weighted by Crippen LogP contribution is -1.85. The van der Waals surface area contributed by atoms with Gasteiger partial charge in [-0.15, -0.1) is 0 Å². The Hall–Kier alpha value is -0.670. The Bertz CT molecular complexity index is 399. The lowest BCUT2D eigenvalue weighted by atomic mass is 10.3. The van der Waals surface area contributed by atoms with Crippen molar-refractivity contribution >= 4 is 30.8 Å². The average molecular weight is 167 g/mol. The van der Waals surface area contributed by atoms with Crippen molar-refractivity contribution < 1.29 is 0 Å². The number of nitrogens with one attached hydrogen (secondary N) is 1. The van der Waals surface area contributed by atoms with E-state index in [0.29, 0.717) is 4.67 Å². The number of benzene rings is 1. The molecule has 0 saturated carbocycles. The third-order valence-electron chi connectivity index (χ3n) is 1.35. The molecule has 2 aromatic rings. The van der Waals surface area contributed by atoms with E-state index in [4.69, 9.17) is 5.41 Å². The molecule has 50 valence electrons. The molecule has 1 nitrogen and oxygen atoms in total. The summed E-state index contributed by atoms with van der Waals surface area (Å²) in [5, 5.41) is 8.55. The highest BCUT2D eigenvalue weighted by Gasteiger charge is 1.94. The second-order valence-electron chi connectivity index (χ2n) is 1.99. The zero-order valence-electron chi connectivity index (χ0n) is 5.13. The molecular formula is C7H5NS2. The van der Waals surface area contributed by atoms with Crippen molar-refractivity contribution in [2.24, 2.45) is 0 Å². The van der Waals surface area contributed by atoms with Crippen molar-refractivity contribution in [3.8, 4) is 0 Å². The zero-order chi connectivity index (χ0) is 6.97. The minimum absolute atomic E-state index is 0.681. The summed E-state index contributed by atoms with van der Waals surface area (Å²) in [5.74, 6) is 0. The number of hydrogen-bond donors (Lipinski definition) is 1. The van der Waals surface area contributed by atoms with Gasteiger partial charge in [-0.2, -0.15) is 0 Å². The maximum absolute atomic E-state index is 7.47. The van der Waals surface area contributed by atoms with Gasteiger partial charge in [-0.3, -0.25) is 5.41 Å². The van der Waals surface area contributed by atoms with Crippen LogP contribution in [0.4, 0.5) is 0 Å². The summed E-state index contributed by atoms with van der Waals surface area (Å²) in [6.45, 7) is 0. The van der Waals surface area contributed by atoms with Crippen molar-refractivity contribution in [3.05, 3.63) is 28.9 Å². The Balaban J connectivity index is 3.07. The van der Waals surface area contributed by atoms with E-state index in [1.54, 1.807) is 10.3 Å². The largest absolute Gasteiger partial charge is 0.289 e. The van der Waals surface area contributed by atoms with E-state index in [9.17, 15) is 0 Å². The molecule has 0 aliphatic rings. The van der Waals surface area contributed by atoms with Gasteiger partial charge in [0.05, 0.1) is 0 Å². The van der Waals surface area contributed by atoms with Gasteiger partial charge in [0.1, 0.15) is 4.67 Å². The Kier molecular flexibility index (Phi) is 1.32. The first-order chi connectivity index (χ1) is 4.88. The quantitative estimate of drug-likeness (QED) is 0.583. The van der Waals surface area contributed by atoms with E-state index in [0.717, 1.165) is 5.39 Å². The summed E-state index contributed by atoms with van der Waals surface area (Å²) in [6.07, 6.45) is 0. The fourth-order valence-electron chi connectivity index (χ4n) is 0.858. The van der Waals surface area contributed by atoms with Gasteiger partial charge in [-0.05, 0) is 6.07 Å². The van der Waals surface area contributed by atoms with Gasteiger partial charge in [0.25, 0.3) is 0 Å². The normalized spacial score (nSPS) is 10.4. The second-order valence-corrected chi connectivity index (χ2v) is 4.17. The smallest absolute Gasteiger partial charge is 0.126 e. The lowest BCUT2D eigenvalue weighted by molar-refractivity contribution is 1.38. The summed E-state index contributed by atoms with van der Waals surface area (Å²) in [7, 11) is 3.19. The standard InChI is InChI=1S/C7H5NS2/c8-7-5-3-1-2-4-6(5)9-10-7/h1-4,8H. The highest BCUT2D eigenvalue weighted by atomic mass is 32.9. The molecule has 0 aliphatic carbocycles. The first-order valence-electron chi connectivity index (χ1n) is 2.90. The van der Waals surface area contributed by atoms with Gasteiger partial charge < -0.3 is 0 Å². The predicted molar refractivity (Wildman–Crippen MR) is 45.6 cm³/mol. The Morgan fingerprint density at radius 1 is 1.10 bits per heavy atom. The van der Waals surface area contributed by atoms with Crippen LogP contribution in [0, 0.1) is 5.41 Å². The van der Waals surface area contributed by atoms with E-state index in [-0.39, 0.29) is 0 Å². The van der Waals surface area contributed by atoms with Gasteiger partial charge in [0.15, 0.2) is 0 Å². The molecule has 0 aliphatic heterocycles. The minimum Gasteiger partial charge on any atom is -0.289 e. The molecule has 0 amide bonds. The van der Waals surface area contributed by atoms with E-state index in [1.165, 1.54) is 15.0 Å². The molecule has 0 spiro atoms. The maximum Gasteiger partial charge on any atom is 0.126 e. The van der Waals surface area contributed by atoms with Crippen LogP contribution in [-0.2, 0) is 0 Å². The van der Waals surface area contributed by atoms with E-state index in [2.05, 4.69) is 6.07 Å². The van der Waals surface area contributed by atoms with Gasteiger partial charge >= 0.3 is 0 Å². The molecular weight excluding hydrogens is 162 g/mol. The van der Waals surface area contributed by atoms with Crippen LogP contribution < -0.4 is 4.67 Å². The molecule has 2 rings (SSSR count). The second kappa shape index (κ2) is 2.18. The highest BCUT2D eigenvalue weighted by molar-refractivity contribution is 7.71. The van der Waals surface area contributed by atoms with Gasteiger partial charge in [-0.25, -0.2) is 0 Å². The number of fused-ring (bicyclic) bond motifs is 1. The van der Waals surface area contributed by atoms with Crippen molar-refractivity contribution in [2.75, 3.05) is 0 Å². The third-order valence-corrected chi connectivity index (χ3v) is 3.64. The van der Waals surface area contributed by atoms with Gasteiger partial charge in [-0.1, -0.05) is 38.9 Å². The molecule has 0 unspecified atom stereocenters. The van der Waals surface area contributed by atoms with Crippen LogP contribution in [0.2, 0.25) is 0 Å². The molecule has 0 saturated heterocycles. The van der Waals surface area contributed by atoms with Crippen LogP contribution in [0.1, 0.15) is 0 Å². The summed E-state index contributed by atoms with van der Waals surface area (Å²) >= 11 is 0. The molecule has 0 atom stereocenters. The molecule has 1 aromatic heterocycles. The van der Waals surface area contributed by atoms with E-state index < -0.39 is 0 Å².